The molecule has 0 amide bonds. The highest BCUT2D eigenvalue weighted by Gasteiger charge is 2.36. The van der Waals surface area contributed by atoms with Crippen molar-refractivity contribution in [2.45, 2.75) is 18.6 Å². The van der Waals surface area contributed by atoms with Gasteiger partial charge in [0.15, 0.2) is 0 Å². The summed E-state index contributed by atoms with van der Waals surface area (Å²) in [7, 11) is 0. The molecule has 2 aromatic carbocycles. The van der Waals surface area contributed by atoms with Crippen LogP contribution in [-0.2, 0) is 18.6 Å². The predicted octanol–water partition coefficient (Wildman–Crippen LogP) is 5.81. The van der Waals surface area contributed by atoms with E-state index in [1.165, 1.54) is 16.7 Å². The quantitative estimate of drug-likeness (QED) is 0.257. The largest absolute Gasteiger partial charge is 0.438 e. The van der Waals surface area contributed by atoms with Crippen LogP contribution in [0.1, 0.15) is 16.7 Å². The van der Waals surface area contributed by atoms with Crippen LogP contribution >= 0.6 is 11.6 Å². The fraction of sp³-hybridized carbons (Fsp3) is 0.136. The van der Waals surface area contributed by atoms with Crippen LogP contribution in [0.15, 0.2) is 53.7 Å². The van der Waals surface area contributed by atoms with Crippen molar-refractivity contribution >= 4 is 22.5 Å². The van der Waals surface area contributed by atoms with Gasteiger partial charge in [-0.3, -0.25) is 4.79 Å². The SMILES string of the molecule is O=c1ncn(Cc2c(F)cc(F)cc2F)c2ccc(Oc3ncc(CCl)cc3C(F)(F)F)cc12. The Kier molecular flexibility index (Phi) is 6.22. The maximum Gasteiger partial charge on any atom is 0.421 e. The van der Waals surface area contributed by atoms with Gasteiger partial charge in [0.05, 0.1) is 23.8 Å². The van der Waals surface area contributed by atoms with Crippen LogP contribution in [-0.4, -0.2) is 14.5 Å². The second kappa shape index (κ2) is 8.98. The topological polar surface area (TPSA) is 57.0 Å². The number of alkyl halides is 4. The molecule has 0 unspecified atom stereocenters. The third kappa shape index (κ3) is 4.69. The molecule has 2 aromatic heterocycles. The molecule has 0 radical (unpaired) electrons. The summed E-state index contributed by atoms with van der Waals surface area (Å²) in [6.45, 7) is -0.429. The zero-order valence-electron chi connectivity index (χ0n) is 16.8. The molecule has 0 atom stereocenters. The van der Waals surface area contributed by atoms with Gasteiger partial charge in [0.2, 0.25) is 5.88 Å². The van der Waals surface area contributed by atoms with Crippen LogP contribution in [0.5, 0.6) is 11.6 Å². The zero-order chi connectivity index (χ0) is 24.6. The van der Waals surface area contributed by atoms with Gasteiger partial charge in [-0.1, -0.05) is 0 Å². The zero-order valence-corrected chi connectivity index (χ0v) is 17.6. The van der Waals surface area contributed by atoms with E-state index in [1.54, 1.807) is 0 Å². The van der Waals surface area contributed by atoms with E-state index in [4.69, 9.17) is 16.3 Å². The Morgan fingerprint density at radius 2 is 1.71 bits per heavy atom. The highest BCUT2D eigenvalue weighted by Crippen LogP contribution is 2.37. The summed E-state index contributed by atoms with van der Waals surface area (Å²) in [5, 5.41) is -0.0890. The lowest BCUT2D eigenvalue weighted by Crippen LogP contribution is -2.14. The van der Waals surface area contributed by atoms with Gasteiger partial charge in [0.1, 0.15) is 28.8 Å². The number of benzene rings is 2. The minimum atomic E-state index is -4.78. The summed E-state index contributed by atoms with van der Waals surface area (Å²) in [5.41, 5.74) is -2.08. The number of nitrogens with zero attached hydrogens (tertiary/aromatic N) is 3. The molecule has 176 valence electrons. The van der Waals surface area contributed by atoms with E-state index in [0.717, 1.165) is 24.7 Å². The summed E-state index contributed by atoms with van der Waals surface area (Å²) in [6, 6.07) is 5.54. The van der Waals surface area contributed by atoms with Crippen LogP contribution < -0.4 is 10.3 Å². The van der Waals surface area contributed by atoms with Gasteiger partial charge in [-0.05, 0) is 29.8 Å². The van der Waals surface area contributed by atoms with E-state index in [2.05, 4.69) is 9.97 Å². The number of hydrogen-bond acceptors (Lipinski definition) is 4. The fourth-order valence-corrected chi connectivity index (χ4v) is 3.38. The predicted molar refractivity (Wildman–Crippen MR) is 110 cm³/mol. The first-order chi connectivity index (χ1) is 16.1. The maximum absolute atomic E-state index is 14.1. The average Bonchev–Trinajstić information content (AvgIpc) is 2.77. The molecule has 34 heavy (non-hydrogen) atoms. The molecule has 0 saturated heterocycles. The Bertz CT molecular complexity index is 1430. The molecular formula is C22H12ClF6N3O2. The lowest BCUT2D eigenvalue weighted by atomic mass is 10.1. The Hall–Kier alpha value is -3.60. The Labute approximate surface area is 192 Å². The van der Waals surface area contributed by atoms with E-state index in [-0.39, 0.29) is 28.1 Å². The molecule has 0 saturated carbocycles. The lowest BCUT2D eigenvalue weighted by Gasteiger charge is -2.15. The fourth-order valence-electron chi connectivity index (χ4n) is 3.24. The minimum absolute atomic E-state index is 0.0890. The van der Waals surface area contributed by atoms with Gasteiger partial charge in [-0.2, -0.15) is 18.2 Å². The second-order valence-corrected chi connectivity index (χ2v) is 7.40. The number of pyridine rings is 1. The highest BCUT2D eigenvalue weighted by molar-refractivity contribution is 6.17. The minimum Gasteiger partial charge on any atom is -0.438 e. The first-order valence-corrected chi connectivity index (χ1v) is 10.0. The van der Waals surface area contributed by atoms with E-state index < -0.39 is 52.7 Å². The Balaban J connectivity index is 1.74. The molecule has 0 aliphatic carbocycles. The molecule has 5 nitrogen and oxygen atoms in total. The number of halogens is 7. The van der Waals surface area contributed by atoms with Crippen LogP contribution in [0, 0.1) is 17.5 Å². The van der Waals surface area contributed by atoms with Gasteiger partial charge < -0.3 is 9.30 Å². The Morgan fingerprint density at radius 3 is 2.35 bits per heavy atom. The van der Waals surface area contributed by atoms with Crippen molar-refractivity contribution in [2.75, 3.05) is 0 Å². The lowest BCUT2D eigenvalue weighted by molar-refractivity contribution is -0.138. The van der Waals surface area contributed by atoms with Gasteiger partial charge in [0.25, 0.3) is 5.56 Å². The summed E-state index contributed by atoms with van der Waals surface area (Å²) in [4.78, 5) is 19.6. The van der Waals surface area contributed by atoms with Gasteiger partial charge in [0, 0.05) is 29.8 Å². The smallest absolute Gasteiger partial charge is 0.421 e. The standard InChI is InChI=1S/C22H12ClF6N3O2/c23-7-11-3-16(22(27,28)29)21(30-8-11)34-13-1-2-19-14(6-13)20(33)31-10-32(19)9-15-17(25)4-12(24)5-18(15)26/h1-6,8,10H,7,9H2. The summed E-state index contributed by atoms with van der Waals surface area (Å²) in [5.74, 6) is -4.44. The molecular weight excluding hydrogens is 488 g/mol. The van der Waals surface area contributed by atoms with Crippen LogP contribution in [0.25, 0.3) is 10.9 Å². The number of aromatic nitrogens is 3. The molecule has 0 N–H and O–H groups in total. The molecule has 0 aliphatic rings. The second-order valence-electron chi connectivity index (χ2n) is 7.13. The van der Waals surface area contributed by atoms with E-state index in [9.17, 15) is 31.1 Å². The Morgan fingerprint density at radius 1 is 1.00 bits per heavy atom. The van der Waals surface area contributed by atoms with Crippen molar-refractivity contribution < 1.29 is 31.1 Å². The summed E-state index contributed by atoms with van der Waals surface area (Å²) >= 11 is 5.59. The molecule has 12 heteroatoms. The normalized spacial score (nSPS) is 11.7. The van der Waals surface area contributed by atoms with Crippen molar-refractivity contribution in [1.29, 1.82) is 0 Å². The highest BCUT2D eigenvalue weighted by atomic mass is 35.5. The molecule has 2 heterocycles. The maximum atomic E-state index is 14.1. The molecule has 4 rings (SSSR count). The third-order valence-corrected chi connectivity index (χ3v) is 5.15. The molecule has 4 aromatic rings. The number of fused-ring (bicyclic) bond motifs is 1. The van der Waals surface area contributed by atoms with Crippen molar-refractivity contribution in [1.82, 2.24) is 14.5 Å². The van der Waals surface area contributed by atoms with Gasteiger partial charge in [-0.15, -0.1) is 11.6 Å². The number of rotatable bonds is 5. The molecule has 0 aliphatic heterocycles. The molecule has 0 spiro atoms. The average molecular weight is 500 g/mol. The van der Waals surface area contributed by atoms with Crippen molar-refractivity contribution in [2.24, 2.45) is 0 Å². The van der Waals surface area contributed by atoms with Gasteiger partial charge >= 0.3 is 6.18 Å². The van der Waals surface area contributed by atoms with E-state index in [1.807, 2.05) is 0 Å². The number of hydrogen-bond donors (Lipinski definition) is 0. The van der Waals surface area contributed by atoms with Crippen molar-refractivity contribution in [3.8, 4) is 11.6 Å². The summed E-state index contributed by atoms with van der Waals surface area (Å²) < 4.78 is 88.1. The van der Waals surface area contributed by atoms with Gasteiger partial charge in [-0.25, -0.2) is 18.2 Å². The number of ether oxygens (including phenoxy) is 1. The summed E-state index contributed by atoms with van der Waals surface area (Å²) in [6.07, 6.45) is -2.61. The molecule has 0 fully saturated rings. The van der Waals surface area contributed by atoms with Crippen molar-refractivity contribution in [3.63, 3.8) is 0 Å². The monoisotopic (exact) mass is 499 g/mol. The molecule has 0 bridgehead atoms. The first-order valence-electron chi connectivity index (χ1n) is 9.49. The van der Waals surface area contributed by atoms with Crippen molar-refractivity contribution in [3.05, 3.63) is 93.4 Å². The third-order valence-electron chi connectivity index (χ3n) is 4.84. The first kappa shape index (κ1) is 23.6. The van der Waals surface area contributed by atoms with E-state index in [0.29, 0.717) is 12.1 Å². The van der Waals surface area contributed by atoms with Crippen LogP contribution in [0.4, 0.5) is 26.3 Å². The van der Waals surface area contributed by atoms with E-state index >= 15 is 0 Å². The van der Waals surface area contributed by atoms with Crippen LogP contribution in [0.2, 0.25) is 0 Å². The van der Waals surface area contributed by atoms with Crippen LogP contribution in [0.3, 0.4) is 0 Å².